The van der Waals surface area contributed by atoms with Crippen LogP contribution in [0.4, 0.5) is 14.9 Å². The van der Waals surface area contributed by atoms with Crippen LogP contribution in [-0.4, -0.2) is 30.1 Å². The zero-order valence-electron chi connectivity index (χ0n) is 13.5. The number of nitrogens with one attached hydrogen (secondary N) is 2. The number of hydrogen-bond donors (Lipinski definition) is 2. The highest BCUT2D eigenvalue weighted by Gasteiger charge is 2.21. The molecule has 1 aliphatic heterocycles. The molecule has 1 fully saturated rings. The van der Waals surface area contributed by atoms with Gasteiger partial charge in [-0.15, -0.1) is 0 Å². The Morgan fingerprint density at radius 2 is 2.00 bits per heavy atom. The van der Waals surface area contributed by atoms with E-state index in [0.717, 1.165) is 32.5 Å². The molecule has 24 heavy (non-hydrogen) atoms. The van der Waals surface area contributed by atoms with Crippen molar-refractivity contribution in [2.24, 2.45) is 0 Å². The van der Waals surface area contributed by atoms with Crippen LogP contribution in [0.25, 0.3) is 0 Å². The van der Waals surface area contributed by atoms with Crippen molar-refractivity contribution in [1.29, 1.82) is 0 Å². The lowest BCUT2D eigenvalue weighted by Gasteiger charge is -2.33. The van der Waals surface area contributed by atoms with Crippen LogP contribution in [0.2, 0.25) is 0 Å². The second kappa shape index (κ2) is 7.93. The normalized spacial score (nSPS) is 18.1. The number of likely N-dealkylation sites (tertiary alicyclic amines) is 1. The molecule has 0 aromatic heterocycles. The zero-order chi connectivity index (χ0) is 16.8. The van der Waals surface area contributed by atoms with Gasteiger partial charge >= 0.3 is 6.03 Å². The highest BCUT2D eigenvalue weighted by atomic mass is 19.1. The molecule has 126 valence electrons. The molecule has 2 N–H and O–H groups in total. The van der Waals surface area contributed by atoms with E-state index >= 15 is 0 Å². The fourth-order valence-corrected chi connectivity index (χ4v) is 3.08. The maximum Gasteiger partial charge on any atom is 0.319 e. The van der Waals surface area contributed by atoms with Gasteiger partial charge in [0.15, 0.2) is 0 Å². The Bertz CT molecular complexity index is 677. The number of rotatable bonds is 4. The van der Waals surface area contributed by atoms with Crippen molar-refractivity contribution in [1.82, 2.24) is 10.2 Å². The number of amides is 2. The van der Waals surface area contributed by atoms with Crippen molar-refractivity contribution in [2.75, 3.05) is 18.4 Å². The van der Waals surface area contributed by atoms with Crippen molar-refractivity contribution in [3.8, 4) is 0 Å². The van der Waals surface area contributed by atoms with Gasteiger partial charge in [-0.05, 0) is 43.1 Å². The molecule has 2 aromatic carbocycles. The number of hydrogen-bond acceptors (Lipinski definition) is 2. The van der Waals surface area contributed by atoms with Gasteiger partial charge in [0.1, 0.15) is 5.82 Å². The number of benzene rings is 2. The summed E-state index contributed by atoms with van der Waals surface area (Å²) in [5.41, 5.74) is 1.74. The van der Waals surface area contributed by atoms with Gasteiger partial charge in [-0.25, -0.2) is 9.18 Å². The van der Waals surface area contributed by atoms with E-state index in [9.17, 15) is 9.18 Å². The quantitative estimate of drug-likeness (QED) is 0.901. The van der Waals surface area contributed by atoms with Crippen LogP contribution in [-0.2, 0) is 6.54 Å². The summed E-state index contributed by atoms with van der Waals surface area (Å²) in [5.74, 6) is -0.362. The van der Waals surface area contributed by atoms with E-state index < -0.39 is 0 Å². The molecule has 2 aromatic rings. The fraction of sp³-hybridized carbons (Fsp3) is 0.316. The van der Waals surface area contributed by atoms with Gasteiger partial charge in [0, 0.05) is 24.8 Å². The molecule has 1 heterocycles. The van der Waals surface area contributed by atoms with E-state index in [1.807, 2.05) is 18.2 Å². The smallest absolute Gasteiger partial charge is 0.319 e. The number of nitrogens with zero attached hydrogens (tertiary/aromatic N) is 1. The second-order valence-corrected chi connectivity index (χ2v) is 6.17. The molecule has 0 spiro atoms. The lowest BCUT2D eigenvalue weighted by molar-refractivity contribution is 0.183. The standard InChI is InChI=1S/C19H22FN3O/c20-16-8-4-9-17(12-16)21-19(24)22-18-10-5-11-23(14-18)13-15-6-2-1-3-7-15/h1-4,6-9,12,18H,5,10-11,13-14H2,(H2,21,22,24). The van der Waals surface area contributed by atoms with E-state index in [2.05, 4.69) is 27.7 Å². The number of halogens is 1. The van der Waals surface area contributed by atoms with Gasteiger partial charge in [-0.1, -0.05) is 36.4 Å². The van der Waals surface area contributed by atoms with Crippen LogP contribution < -0.4 is 10.6 Å². The average Bonchev–Trinajstić information content (AvgIpc) is 2.56. The van der Waals surface area contributed by atoms with E-state index in [-0.39, 0.29) is 17.9 Å². The van der Waals surface area contributed by atoms with Crippen LogP contribution >= 0.6 is 0 Å². The minimum atomic E-state index is -0.362. The van der Waals surface area contributed by atoms with Crippen molar-refractivity contribution in [3.05, 3.63) is 66.0 Å². The first-order valence-electron chi connectivity index (χ1n) is 8.28. The third kappa shape index (κ3) is 4.80. The molecule has 4 nitrogen and oxygen atoms in total. The largest absolute Gasteiger partial charge is 0.334 e. The summed E-state index contributed by atoms with van der Waals surface area (Å²) >= 11 is 0. The van der Waals surface area contributed by atoms with E-state index in [4.69, 9.17) is 0 Å². The summed E-state index contributed by atoms with van der Waals surface area (Å²) in [6.07, 6.45) is 2.01. The van der Waals surface area contributed by atoms with Crippen molar-refractivity contribution in [2.45, 2.75) is 25.4 Å². The molecule has 2 amide bonds. The van der Waals surface area contributed by atoms with Crippen molar-refractivity contribution < 1.29 is 9.18 Å². The lowest BCUT2D eigenvalue weighted by atomic mass is 10.0. The monoisotopic (exact) mass is 327 g/mol. The molecule has 1 saturated heterocycles. The molecule has 1 atom stereocenters. The molecule has 0 aliphatic carbocycles. The predicted octanol–water partition coefficient (Wildman–Crippen LogP) is 3.61. The Hall–Kier alpha value is -2.40. The van der Waals surface area contributed by atoms with E-state index in [1.165, 1.54) is 17.7 Å². The first-order valence-corrected chi connectivity index (χ1v) is 8.28. The molecule has 1 unspecified atom stereocenters. The molecule has 0 bridgehead atoms. The third-order valence-electron chi connectivity index (χ3n) is 4.17. The summed E-state index contributed by atoms with van der Waals surface area (Å²) in [4.78, 5) is 14.4. The number of urea groups is 1. The molecule has 1 aliphatic rings. The molecule has 3 rings (SSSR count). The lowest BCUT2D eigenvalue weighted by Crippen LogP contribution is -2.48. The summed E-state index contributed by atoms with van der Waals surface area (Å²) in [6.45, 7) is 2.76. The molecular weight excluding hydrogens is 305 g/mol. The number of carbonyl (C=O) groups is 1. The Morgan fingerprint density at radius 3 is 2.79 bits per heavy atom. The van der Waals surface area contributed by atoms with Gasteiger partial charge in [0.05, 0.1) is 0 Å². The fourth-order valence-electron chi connectivity index (χ4n) is 3.08. The Labute approximate surface area is 141 Å². The SMILES string of the molecule is O=C(Nc1cccc(F)c1)NC1CCCN(Cc2ccccc2)C1. The first-order chi connectivity index (χ1) is 11.7. The topological polar surface area (TPSA) is 44.4 Å². The average molecular weight is 327 g/mol. The predicted molar refractivity (Wildman–Crippen MR) is 93.3 cm³/mol. The molecule has 0 radical (unpaired) electrons. The number of anilines is 1. The van der Waals surface area contributed by atoms with Gasteiger partial charge in [-0.3, -0.25) is 4.90 Å². The zero-order valence-corrected chi connectivity index (χ0v) is 13.5. The van der Waals surface area contributed by atoms with Crippen LogP contribution in [0.3, 0.4) is 0 Å². The van der Waals surface area contributed by atoms with Gasteiger partial charge in [0.2, 0.25) is 0 Å². The number of carbonyl (C=O) groups excluding carboxylic acids is 1. The van der Waals surface area contributed by atoms with Crippen LogP contribution in [0, 0.1) is 5.82 Å². The molecular formula is C19H22FN3O. The summed E-state index contributed by atoms with van der Waals surface area (Å²) < 4.78 is 13.2. The van der Waals surface area contributed by atoms with E-state index in [0.29, 0.717) is 5.69 Å². The van der Waals surface area contributed by atoms with E-state index in [1.54, 1.807) is 12.1 Å². The highest BCUT2D eigenvalue weighted by molar-refractivity contribution is 5.89. The maximum absolute atomic E-state index is 13.2. The Kier molecular flexibility index (Phi) is 5.43. The molecule has 5 heteroatoms. The third-order valence-corrected chi connectivity index (χ3v) is 4.17. The van der Waals surface area contributed by atoms with Crippen molar-refractivity contribution in [3.63, 3.8) is 0 Å². The van der Waals surface area contributed by atoms with Crippen LogP contribution in [0.1, 0.15) is 18.4 Å². The van der Waals surface area contributed by atoms with Crippen molar-refractivity contribution >= 4 is 11.7 Å². The van der Waals surface area contributed by atoms with Crippen LogP contribution in [0.5, 0.6) is 0 Å². The van der Waals surface area contributed by atoms with Gasteiger partial charge < -0.3 is 10.6 Å². The molecule has 0 saturated carbocycles. The Morgan fingerprint density at radius 1 is 1.17 bits per heavy atom. The van der Waals surface area contributed by atoms with Gasteiger partial charge in [-0.2, -0.15) is 0 Å². The first kappa shape index (κ1) is 16.5. The summed E-state index contributed by atoms with van der Waals surface area (Å²) in [5, 5.41) is 5.67. The summed E-state index contributed by atoms with van der Waals surface area (Å²) in [7, 11) is 0. The minimum Gasteiger partial charge on any atom is -0.334 e. The maximum atomic E-state index is 13.2. The number of piperidine rings is 1. The Balaban J connectivity index is 1.50. The van der Waals surface area contributed by atoms with Gasteiger partial charge in [0.25, 0.3) is 0 Å². The second-order valence-electron chi connectivity index (χ2n) is 6.17. The minimum absolute atomic E-state index is 0.107. The summed E-state index contributed by atoms with van der Waals surface area (Å²) in [6, 6.07) is 16.1. The van der Waals surface area contributed by atoms with Crippen LogP contribution in [0.15, 0.2) is 54.6 Å². The highest BCUT2D eigenvalue weighted by Crippen LogP contribution is 2.14.